The van der Waals surface area contributed by atoms with E-state index in [-0.39, 0.29) is 17.3 Å². The number of aryl methyl sites for hydroxylation is 2. The summed E-state index contributed by atoms with van der Waals surface area (Å²) >= 11 is 0. The van der Waals surface area contributed by atoms with Gasteiger partial charge < -0.3 is 4.57 Å². The first-order valence-electron chi connectivity index (χ1n) is 9.40. The van der Waals surface area contributed by atoms with Crippen LogP contribution in [0.3, 0.4) is 0 Å². The Morgan fingerprint density at radius 1 is 1.08 bits per heavy atom. The van der Waals surface area contributed by atoms with Crippen LogP contribution in [0.2, 0.25) is 0 Å². The minimum atomic E-state index is -0.298. The zero-order chi connectivity index (χ0) is 19.3. The highest BCUT2D eigenvalue weighted by molar-refractivity contribution is 5.76. The van der Waals surface area contributed by atoms with Crippen LogP contribution in [0.25, 0.3) is 16.9 Å². The van der Waals surface area contributed by atoms with E-state index in [1.165, 1.54) is 9.13 Å². The maximum absolute atomic E-state index is 13.2. The molecule has 1 atom stereocenters. The van der Waals surface area contributed by atoms with Gasteiger partial charge in [0.05, 0.1) is 0 Å². The van der Waals surface area contributed by atoms with Crippen LogP contribution in [0.4, 0.5) is 0 Å². The maximum Gasteiger partial charge on any atom is 0.332 e. The van der Waals surface area contributed by atoms with E-state index in [4.69, 9.17) is 4.98 Å². The van der Waals surface area contributed by atoms with Gasteiger partial charge in [-0.3, -0.25) is 18.3 Å². The van der Waals surface area contributed by atoms with Gasteiger partial charge in [-0.15, -0.1) is 0 Å². The summed E-state index contributed by atoms with van der Waals surface area (Å²) in [5.74, 6) is 1.15. The third-order valence-corrected chi connectivity index (χ3v) is 5.52. The topological polar surface area (TPSA) is 66.2 Å². The smallest absolute Gasteiger partial charge is 0.311 e. The number of hydrogen-bond donors (Lipinski definition) is 0. The van der Waals surface area contributed by atoms with Crippen molar-refractivity contribution in [1.82, 2.24) is 23.1 Å². The summed E-state index contributed by atoms with van der Waals surface area (Å²) in [4.78, 5) is 30.6. The van der Waals surface area contributed by atoms with Crippen LogP contribution >= 0.6 is 0 Å². The molecule has 7 heteroatoms. The quantitative estimate of drug-likeness (QED) is 0.703. The van der Waals surface area contributed by atoms with E-state index >= 15 is 0 Å². The Morgan fingerprint density at radius 3 is 2.31 bits per heavy atom. The van der Waals surface area contributed by atoms with Gasteiger partial charge in [0.15, 0.2) is 11.2 Å². The number of fused-ring (bicyclic) bond motifs is 3. The number of imidazole rings is 2. The molecular formula is C19H29N5O2. The number of hydrogen-bond acceptors (Lipinski definition) is 3. The molecule has 0 aromatic carbocycles. The molecular weight excluding hydrogens is 330 g/mol. The molecule has 0 amide bonds. The maximum atomic E-state index is 13.2. The van der Waals surface area contributed by atoms with Crippen molar-refractivity contribution in [1.29, 1.82) is 0 Å². The summed E-state index contributed by atoms with van der Waals surface area (Å²) in [7, 11) is 1.69. The second kappa shape index (κ2) is 6.45. The lowest BCUT2D eigenvalue weighted by atomic mass is 10.1. The monoisotopic (exact) mass is 359 g/mol. The Balaban J connectivity index is 2.43. The van der Waals surface area contributed by atoms with Crippen LogP contribution in [0.5, 0.6) is 0 Å². The van der Waals surface area contributed by atoms with Gasteiger partial charge in [0.1, 0.15) is 0 Å². The fourth-order valence-corrected chi connectivity index (χ4v) is 3.57. The van der Waals surface area contributed by atoms with Gasteiger partial charge in [-0.25, -0.2) is 4.79 Å². The lowest BCUT2D eigenvalue weighted by molar-refractivity contribution is 0.488. The predicted octanol–water partition coefficient (Wildman–Crippen LogP) is 2.78. The molecule has 0 radical (unpaired) electrons. The van der Waals surface area contributed by atoms with Crippen LogP contribution in [-0.4, -0.2) is 23.1 Å². The molecule has 3 rings (SSSR count). The minimum absolute atomic E-state index is 0.249. The van der Waals surface area contributed by atoms with Crippen molar-refractivity contribution in [3.8, 4) is 0 Å². The van der Waals surface area contributed by atoms with E-state index in [1.807, 2.05) is 11.3 Å². The van der Waals surface area contributed by atoms with E-state index in [0.29, 0.717) is 23.6 Å². The van der Waals surface area contributed by atoms with Crippen LogP contribution in [0.15, 0.2) is 9.59 Å². The summed E-state index contributed by atoms with van der Waals surface area (Å²) < 4.78 is 6.94. The average molecular weight is 359 g/mol. The normalized spacial score (nSPS) is 13.4. The highest BCUT2D eigenvalue weighted by atomic mass is 16.2. The van der Waals surface area contributed by atoms with Crippen molar-refractivity contribution >= 4 is 16.9 Å². The molecule has 0 unspecified atom stereocenters. The first-order chi connectivity index (χ1) is 12.2. The van der Waals surface area contributed by atoms with Crippen LogP contribution in [0, 0.1) is 19.8 Å². The summed E-state index contributed by atoms with van der Waals surface area (Å²) in [6.07, 6.45) is 1.75. The zero-order valence-electron chi connectivity index (χ0n) is 16.8. The van der Waals surface area contributed by atoms with Crippen molar-refractivity contribution in [3.63, 3.8) is 0 Å². The van der Waals surface area contributed by atoms with Gasteiger partial charge >= 0.3 is 5.69 Å². The molecule has 3 aromatic rings. The Kier molecular flexibility index (Phi) is 4.58. The fourth-order valence-electron chi connectivity index (χ4n) is 3.57. The van der Waals surface area contributed by atoms with Gasteiger partial charge in [0.2, 0.25) is 5.78 Å². The first kappa shape index (κ1) is 18.5. The van der Waals surface area contributed by atoms with Crippen molar-refractivity contribution in [2.45, 2.75) is 67.0 Å². The van der Waals surface area contributed by atoms with Gasteiger partial charge in [-0.2, -0.15) is 4.98 Å². The van der Waals surface area contributed by atoms with Gasteiger partial charge in [0, 0.05) is 31.0 Å². The molecule has 0 aliphatic rings. The molecule has 0 N–H and O–H groups in total. The fraction of sp³-hybridized carbons (Fsp3) is 0.632. The molecule has 0 aliphatic carbocycles. The molecule has 0 bridgehead atoms. The molecule has 26 heavy (non-hydrogen) atoms. The van der Waals surface area contributed by atoms with Gasteiger partial charge in [-0.05, 0) is 39.5 Å². The standard InChI is InChI=1S/C19H29N5O2/c1-8-12(4)23-13(5)14(6)24-15-16(20-18(23)24)21(7)19(26)22(17(15)25)10-9-11(2)3/h11-12H,8-10H2,1-7H3/t12-/m0/s1. The molecule has 0 saturated heterocycles. The molecule has 7 nitrogen and oxygen atoms in total. The van der Waals surface area contributed by atoms with Crippen LogP contribution in [-0.2, 0) is 13.6 Å². The van der Waals surface area contributed by atoms with Crippen molar-refractivity contribution < 1.29 is 0 Å². The highest BCUT2D eigenvalue weighted by Gasteiger charge is 2.23. The Labute approximate surface area is 152 Å². The lowest BCUT2D eigenvalue weighted by Crippen LogP contribution is -2.39. The third-order valence-electron chi connectivity index (χ3n) is 5.52. The third kappa shape index (κ3) is 2.52. The van der Waals surface area contributed by atoms with Crippen LogP contribution in [0.1, 0.15) is 58.0 Å². The minimum Gasteiger partial charge on any atom is -0.311 e. The number of rotatable bonds is 5. The summed E-state index contributed by atoms with van der Waals surface area (Å²) in [6, 6.07) is 0.267. The largest absolute Gasteiger partial charge is 0.332 e. The van der Waals surface area contributed by atoms with E-state index < -0.39 is 0 Å². The molecule has 3 aromatic heterocycles. The van der Waals surface area contributed by atoms with Crippen molar-refractivity contribution in [3.05, 3.63) is 32.2 Å². The Morgan fingerprint density at radius 2 is 1.73 bits per heavy atom. The molecule has 0 aliphatic heterocycles. The SMILES string of the molecule is CC[C@H](C)n1c(C)c(C)n2c3c(=O)n(CCC(C)C)c(=O)n(C)c3nc12. The average Bonchev–Trinajstić information content (AvgIpc) is 3.08. The van der Waals surface area contributed by atoms with Crippen LogP contribution < -0.4 is 11.2 Å². The summed E-state index contributed by atoms with van der Waals surface area (Å²) in [5.41, 5.74) is 2.50. The van der Waals surface area contributed by atoms with Crippen molar-refractivity contribution in [2.75, 3.05) is 0 Å². The summed E-state index contributed by atoms with van der Waals surface area (Å²) in [5, 5.41) is 0. The van der Waals surface area contributed by atoms with E-state index in [2.05, 4.69) is 39.2 Å². The molecule has 142 valence electrons. The summed E-state index contributed by atoms with van der Waals surface area (Å²) in [6.45, 7) is 12.9. The Bertz CT molecular complexity index is 1090. The van der Waals surface area contributed by atoms with E-state index in [0.717, 1.165) is 30.0 Å². The van der Waals surface area contributed by atoms with Gasteiger partial charge in [0.25, 0.3) is 5.56 Å². The first-order valence-corrected chi connectivity index (χ1v) is 9.40. The molecule has 3 heterocycles. The highest BCUT2D eigenvalue weighted by Crippen LogP contribution is 2.25. The second-order valence-corrected chi connectivity index (χ2v) is 7.70. The van der Waals surface area contributed by atoms with Crippen molar-refractivity contribution in [2.24, 2.45) is 13.0 Å². The lowest BCUT2D eigenvalue weighted by Gasteiger charge is -2.13. The molecule has 0 spiro atoms. The van der Waals surface area contributed by atoms with E-state index in [9.17, 15) is 9.59 Å². The zero-order valence-corrected chi connectivity index (χ0v) is 16.8. The molecule has 0 saturated carbocycles. The number of nitrogens with zero attached hydrogens (tertiary/aromatic N) is 5. The van der Waals surface area contributed by atoms with E-state index in [1.54, 1.807) is 7.05 Å². The Hall–Kier alpha value is -2.31. The number of aromatic nitrogens is 5. The van der Waals surface area contributed by atoms with Gasteiger partial charge in [-0.1, -0.05) is 20.8 Å². The predicted molar refractivity (Wildman–Crippen MR) is 104 cm³/mol. The second-order valence-electron chi connectivity index (χ2n) is 7.70. The molecule has 0 fully saturated rings.